The molecule has 0 N–H and O–H groups in total. The average Bonchev–Trinajstić information content (AvgIpc) is 3.19. The molecule has 0 spiro atoms. The Morgan fingerprint density at radius 3 is 2.89 bits per heavy atom. The van der Waals surface area contributed by atoms with Crippen molar-refractivity contribution in [2.45, 2.75) is 19.8 Å². The molecule has 0 bridgehead atoms. The van der Waals surface area contributed by atoms with Crippen molar-refractivity contribution in [1.82, 2.24) is 0 Å². The molecule has 96 valence electrons. The van der Waals surface area contributed by atoms with Crippen molar-refractivity contribution in [3.63, 3.8) is 0 Å². The topological polar surface area (TPSA) is 35.5 Å². The standard InChI is InChI=1S/C15H18O3/c1-11-3-4-13(8-7-12-5-6-12)9-14(11)18-10-15(16)17-2/h3-4,7-9,12H,5-6,10H2,1-2H3/b8-7+. The monoisotopic (exact) mass is 246 g/mol. The molecule has 3 heteroatoms. The molecule has 0 aromatic heterocycles. The normalized spacial score (nSPS) is 14.8. The van der Waals surface area contributed by atoms with E-state index in [2.05, 4.69) is 23.0 Å². The third-order valence-corrected chi connectivity index (χ3v) is 2.97. The fourth-order valence-electron chi connectivity index (χ4n) is 1.61. The van der Waals surface area contributed by atoms with Crippen LogP contribution in [-0.4, -0.2) is 19.7 Å². The summed E-state index contributed by atoms with van der Waals surface area (Å²) < 4.78 is 10.00. The Hall–Kier alpha value is -1.77. The quantitative estimate of drug-likeness (QED) is 0.749. The number of carbonyl (C=O) groups excluding carboxylic acids is 1. The summed E-state index contributed by atoms with van der Waals surface area (Å²) in [6.07, 6.45) is 6.94. The van der Waals surface area contributed by atoms with Crippen molar-refractivity contribution in [1.29, 1.82) is 0 Å². The van der Waals surface area contributed by atoms with Crippen LogP contribution >= 0.6 is 0 Å². The molecule has 0 unspecified atom stereocenters. The summed E-state index contributed by atoms with van der Waals surface area (Å²) in [5.74, 6) is 1.12. The predicted octanol–water partition coefficient (Wildman–Crippen LogP) is 2.97. The van der Waals surface area contributed by atoms with Crippen molar-refractivity contribution in [3.8, 4) is 5.75 Å². The summed E-state index contributed by atoms with van der Waals surface area (Å²) in [4.78, 5) is 11.0. The molecule has 0 radical (unpaired) electrons. The Balaban J connectivity index is 2.03. The maximum absolute atomic E-state index is 11.0. The van der Waals surface area contributed by atoms with Crippen LogP contribution in [0.4, 0.5) is 0 Å². The van der Waals surface area contributed by atoms with E-state index in [1.165, 1.54) is 20.0 Å². The molecule has 0 saturated heterocycles. The van der Waals surface area contributed by atoms with Gasteiger partial charge in [-0.1, -0.05) is 24.3 Å². The first-order valence-electron chi connectivity index (χ1n) is 6.17. The van der Waals surface area contributed by atoms with Crippen LogP contribution in [0.5, 0.6) is 5.75 Å². The van der Waals surface area contributed by atoms with Crippen molar-refractivity contribution < 1.29 is 14.3 Å². The summed E-state index contributed by atoms with van der Waals surface area (Å²) in [5.41, 5.74) is 2.12. The molecule has 0 heterocycles. The summed E-state index contributed by atoms with van der Waals surface area (Å²) in [6, 6.07) is 6.01. The summed E-state index contributed by atoms with van der Waals surface area (Å²) >= 11 is 0. The molecular formula is C15H18O3. The molecule has 1 saturated carbocycles. The van der Waals surface area contributed by atoms with E-state index in [1.807, 2.05) is 19.1 Å². The van der Waals surface area contributed by atoms with E-state index in [-0.39, 0.29) is 12.6 Å². The third-order valence-electron chi connectivity index (χ3n) is 2.97. The lowest BCUT2D eigenvalue weighted by Crippen LogP contribution is -2.13. The fourth-order valence-corrected chi connectivity index (χ4v) is 1.61. The van der Waals surface area contributed by atoms with E-state index in [9.17, 15) is 4.79 Å². The maximum atomic E-state index is 11.0. The lowest BCUT2D eigenvalue weighted by molar-refractivity contribution is -0.142. The molecule has 1 fully saturated rings. The minimum Gasteiger partial charge on any atom is -0.482 e. The number of allylic oxidation sites excluding steroid dienone is 1. The zero-order chi connectivity index (χ0) is 13.0. The lowest BCUT2D eigenvalue weighted by Gasteiger charge is -2.08. The van der Waals surface area contributed by atoms with Gasteiger partial charge < -0.3 is 9.47 Å². The molecule has 1 aromatic rings. The van der Waals surface area contributed by atoms with Crippen LogP contribution < -0.4 is 4.74 Å². The number of carbonyl (C=O) groups is 1. The number of hydrogen-bond donors (Lipinski definition) is 0. The number of methoxy groups -OCH3 is 1. The fraction of sp³-hybridized carbons (Fsp3) is 0.400. The van der Waals surface area contributed by atoms with Crippen LogP contribution in [0, 0.1) is 12.8 Å². The van der Waals surface area contributed by atoms with Crippen molar-refractivity contribution in [2.75, 3.05) is 13.7 Å². The van der Waals surface area contributed by atoms with E-state index < -0.39 is 0 Å². The smallest absolute Gasteiger partial charge is 0.343 e. The SMILES string of the molecule is COC(=O)COc1cc(/C=C/C2CC2)ccc1C. The van der Waals surface area contributed by atoms with Crippen molar-refractivity contribution in [3.05, 3.63) is 35.4 Å². The van der Waals surface area contributed by atoms with E-state index in [0.717, 1.165) is 22.8 Å². The minimum absolute atomic E-state index is 0.0485. The first-order valence-corrected chi connectivity index (χ1v) is 6.17. The molecule has 0 amide bonds. The van der Waals surface area contributed by atoms with Crippen molar-refractivity contribution >= 4 is 12.0 Å². The van der Waals surface area contributed by atoms with Gasteiger partial charge >= 0.3 is 5.97 Å². The minimum atomic E-state index is -0.367. The zero-order valence-electron chi connectivity index (χ0n) is 10.8. The maximum Gasteiger partial charge on any atom is 0.343 e. The Morgan fingerprint density at radius 2 is 2.22 bits per heavy atom. The number of esters is 1. The van der Waals surface area contributed by atoms with Crippen LogP contribution in [0.3, 0.4) is 0 Å². The third kappa shape index (κ3) is 3.62. The molecule has 18 heavy (non-hydrogen) atoms. The number of aryl methyl sites for hydroxylation is 1. The van der Waals surface area contributed by atoms with E-state index in [4.69, 9.17) is 4.74 Å². The predicted molar refractivity (Wildman–Crippen MR) is 70.4 cm³/mol. The molecule has 2 rings (SSSR count). The number of rotatable bonds is 5. The lowest BCUT2D eigenvalue weighted by atomic mass is 10.1. The number of benzene rings is 1. The van der Waals surface area contributed by atoms with Gasteiger partial charge in [0.25, 0.3) is 0 Å². The van der Waals surface area contributed by atoms with E-state index in [1.54, 1.807) is 0 Å². The van der Waals surface area contributed by atoms with Crippen LogP contribution in [0.1, 0.15) is 24.0 Å². The van der Waals surface area contributed by atoms with Crippen LogP contribution in [-0.2, 0) is 9.53 Å². The van der Waals surface area contributed by atoms with E-state index >= 15 is 0 Å². The molecule has 0 aliphatic heterocycles. The largest absolute Gasteiger partial charge is 0.482 e. The Morgan fingerprint density at radius 1 is 1.44 bits per heavy atom. The molecule has 1 aromatic carbocycles. The van der Waals surface area contributed by atoms with Gasteiger partial charge in [0.15, 0.2) is 6.61 Å². The average molecular weight is 246 g/mol. The Bertz CT molecular complexity index is 459. The summed E-state index contributed by atoms with van der Waals surface area (Å²) in [5, 5.41) is 0. The molecule has 0 atom stereocenters. The van der Waals surface area contributed by atoms with Crippen LogP contribution in [0.2, 0.25) is 0 Å². The summed E-state index contributed by atoms with van der Waals surface area (Å²) in [7, 11) is 1.35. The van der Waals surface area contributed by atoms with Gasteiger partial charge in [0.1, 0.15) is 5.75 Å². The second-order valence-corrected chi connectivity index (χ2v) is 4.59. The zero-order valence-corrected chi connectivity index (χ0v) is 10.8. The van der Waals surface area contributed by atoms with Gasteiger partial charge in [-0.15, -0.1) is 0 Å². The summed E-state index contributed by atoms with van der Waals surface area (Å²) in [6.45, 7) is 1.91. The highest BCUT2D eigenvalue weighted by Crippen LogP contribution is 2.31. The second kappa shape index (κ2) is 5.71. The van der Waals surface area contributed by atoms with Gasteiger partial charge in [-0.3, -0.25) is 0 Å². The Kier molecular flexibility index (Phi) is 4.03. The van der Waals surface area contributed by atoms with Crippen LogP contribution in [0.15, 0.2) is 24.3 Å². The van der Waals surface area contributed by atoms with Gasteiger partial charge in [0.05, 0.1) is 7.11 Å². The Labute approximate surface area is 107 Å². The van der Waals surface area contributed by atoms with Crippen molar-refractivity contribution in [2.24, 2.45) is 5.92 Å². The van der Waals surface area contributed by atoms with E-state index in [0.29, 0.717) is 0 Å². The van der Waals surface area contributed by atoms with Crippen LogP contribution in [0.25, 0.3) is 6.08 Å². The molecular weight excluding hydrogens is 228 g/mol. The first-order chi connectivity index (χ1) is 8.69. The van der Waals surface area contributed by atoms with Gasteiger partial charge in [-0.2, -0.15) is 0 Å². The second-order valence-electron chi connectivity index (χ2n) is 4.59. The highest BCUT2D eigenvalue weighted by molar-refractivity contribution is 5.71. The first kappa shape index (κ1) is 12.7. The van der Waals surface area contributed by atoms with Gasteiger partial charge in [-0.25, -0.2) is 4.79 Å². The van der Waals surface area contributed by atoms with Gasteiger partial charge in [-0.05, 0) is 42.9 Å². The van der Waals surface area contributed by atoms with Gasteiger partial charge in [0.2, 0.25) is 0 Å². The molecule has 1 aliphatic rings. The highest BCUT2D eigenvalue weighted by Gasteiger charge is 2.17. The highest BCUT2D eigenvalue weighted by atomic mass is 16.6. The number of hydrogen-bond acceptors (Lipinski definition) is 3. The number of ether oxygens (including phenoxy) is 2. The molecule has 3 nitrogen and oxygen atoms in total. The molecule has 1 aliphatic carbocycles. The van der Waals surface area contributed by atoms with Gasteiger partial charge in [0, 0.05) is 0 Å².